The summed E-state index contributed by atoms with van der Waals surface area (Å²) in [6.45, 7) is 7.17. The second kappa shape index (κ2) is 28.3. The number of esters is 8. The van der Waals surface area contributed by atoms with Crippen LogP contribution in [0.5, 0.6) is 0 Å². The van der Waals surface area contributed by atoms with Gasteiger partial charge in [-0.25, -0.2) is 67.1 Å². The van der Waals surface area contributed by atoms with Gasteiger partial charge in [-0.1, -0.05) is 13.2 Å². The summed E-state index contributed by atoms with van der Waals surface area (Å²) in [5, 5.41) is 59.9. The van der Waals surface area contributed by atoms with Gasteiger partial charge in [-0.3, -0.25) is 0 Å². The first-order valence-electron chi connectivity index (χ1n) is 30.1. The number of carbonyl (C=O) groups excluding carboxylic acids is 8. The average Bonchev–Trinajstić information content (AvgIpc) is 1.58. The van der Waals surface area contributed by atoms with Crippen LogP contribution in [0.3, 0.4) is 0 Å². The SMILES string of the molecule is C=C(C)C(=O)OCCOC(=O)c1cc(C(=O)OCC2CC3C4CC(COC(=O)c5cc(C(=O)OCC6CC7C8CC(COC(=O)c9cc(C(=O)OCCOC(=O)C(=C)C)c(C(=O)O)cc9C(=O)O)C(C8)C7C6)c(C(=O)O)cc5C(=O)O)[C@@H](C4)C3C2)c(C(=O)O)cc1C(=O)O. The number of hydrogen-bond acceptors (Lipinski definition) is 22. The highest BCUT2D eigenvalue weighted by atomic mass is 16.6. The van der Waals surface area contributed by atoms with Gasteiger partial charge >= 0.3 is 83.6 Å². The number of fused-ring (bicyclic) bond motifs is 10. The minimum atomic E-state index is -1.69. The maximum absolute atomic E-state index is 13.9. The Kier molecular flexibility index (Phi) is 20.5. The van der Waals surface area contributed by atoms with E-state index in [2.05, 4.69) is 13.2 Å². The van der Waals surface area contributed by atoms with E-state index in [1.165, 1.54) is 13.8 Å². The highest BCUT2D eigenvalue weighted by molar-refractivity contribution is 6.12. The van der Waals surface area contributed by atoms with Crippen molar-refractivity contribution in [2.45, 2.75) is 65.2 Å². The van der Waals surface area contributed by atoms with Crippen molar-refractivity contribution in [2.24, 2.45) is 71.0 Å². The lowest BCUT2D eigenvalue weighted by molar-refractivity contribution is -0.140. The van der Waals surface area contributed by atoms with Crippen molar-refractivity contribution in [3.63, 3.8) is 0 Å². The normalized spacial score (nSPS) is 23.9. The summed E-state index contributed by atoms with van der Waals surface area (Å²) < 4.78 is 42.5. The number of hydrogen-bond donors (Lipinski definition) is 6. The van der Waals surface area contributed by atoms with E-state index in [0.717, 1.165) is 31.0 Å². The Morgan fingerprint density at radius 1 is 0.309 bits per heavy atom. The molecule has 6 saturated carbocycles. The Balaban J connectivity index is 0.779. The van der Waals surface area contributed by atoms with Crippen molar-refractivity contribution in [3.05, 3.63) is 127 Å². The van der Waals surface area contributed by atoms with E-state index in [1.807, 2.05) is 0 Å². The fourth-order valence-electron chi connectivity index (χ4n) is 15.2. The monoisotopic (exact) mass is 1310 g/mol. The second-order valence-electron chi connectivity index (χ2n) is 24.8. The molecule has 4 bridgehead atoms. The van der Waals surface area contributed by atoms with Crippen molar-refractivity contribution >= 4 is 83.6 Å². The molecule has 6 aliphatic carbocycles. The molecule has 28 nitrogen and oxygen atoms in total. The van der Waals surface area contributed by atoms with Crippen molar-refractivity contribution < 1.29 is 136 Å². The van der Waals surface area contributed by atoms with Crippen LogP contribution in [0.1, 0.15) is 190 Å². The molecule has 28 heteroatoms. The van der Waals surface area contributed by atoms with E-state index in [4.69, 9.17) is 37.9 Å². The van der Waals surface area contributed by atoms with Gasteiger partial charge < -0.3 is 68.5 Å². The summed E-state index contributed by atoms with van der Waals surface area (Å²) in [4.78, 5) is 178. The molecule has 9 rings (SSSR count). The topological polar surface area (TPSA) is 434 Å². The lowest BCUT2D eigenvalue weighted by Gasteiger charge is -2.31. The lowest BCUT2D eigenvalue weighted by Crippen LogP contribution is -2.28. The Morgan fingerprint density at radius 2 is 0.543 bits per heavy atom. The average molecular weight is 1310 g/mol. The van der Waals surface area contributed by atoms with Crippen molar-refractivity contribution in [1.29, 1.82) is 0 Å². The first-order chi connectivity index (χ1) is 44.5. The number of benzene rings is 3. The minimum Gasteiger partial charge on any atom is -0.478 e. The van der Waals surface area contributed by atoms with E-state index < -0.39 is 177 Å². The number of aromatic carboxylic acids is 6. The van der Waals surface area contributed by atoms with Gasteiger partial charge in [0.15, 0.2) is 0 Å². The molecule has 11 unspecified atom stereocenters. The molecule has 0 spiro atoms. The molecule has 6 N–H and O–H groups in total. The Morgan fingerprint density at radius 3 is 0.809 bits per heavy atom. The summed E-state index contributed by atoms with van der Waals surface area (Å²) in [6, 6.07) is 4.35. The van der Waals surface area contributed by atoms with Crippen molar-refractivity contribution in [2.75, 3.05) is 52.9 Å². The van der Waals surface area contributed by atoms with Gasteiger partial charge in [0.1, 0.15) is 26.4 Å². The van der Waals surface area contributed by atoms with Crippen LogP contribution in [0, 0.1) is 71.0 Å². The Hall–Kier alpha value is -10.3. The Bertz CT molecular complexity index is 3740. The summed E-state index contributed by atoms with van der Waals surface area (Å²) in [5.41, 5.74) is -8.05. The molecule has 3 aromatic rings. The van der Waals surface area contributed by atoms with E-state index in [0.29, 0.717) is 56.7 Å². The molecule has 0 radical (unpaired) electrons. The smallest absolute Gasteiger partial charge is 0.339 e. The first kappa shape index (κ1) is 68.1. The lowest BCUT2D eigenvalue weighted by atomic mass is 9.76. The van der Waals surface area contributed by atoms with E-state index >= 15 is 0 Å². The van der Waals surface area contributed by atoms with Gasteiger partial charge in [-0.15, -0.1) is 0 Å². The number of carboxylic acids is 6. The van der Waals surface area contributed by atoms with Crippen molar-refractivity contribution in [1.82, 2.24) is 0 Å². The summed E-state index contributed by atoms with van der Waals surface area (Å²) >= 11 is 0. The third kappa shape index (κ3) is 14.5. The van der Waals surface area contributed by atoms with Gasteiger partial charge in [0, 0.05) is 11.1 Å². The Labute approximate surface area is 534 Å². The summed E-state index contributed by atoms with van der Waals surface area (Å²) in [7, 11) is 0. The second-order valence-corrected chi connectivity index (χ2v) is 24.8. The quantitative estimate of drug-likeness (QED) is 0.0183. The third-order valence-electron chi connectivity index (χ3n) is 19.1. The molecule has 0 amide bonds. The van der Waals surface area contributed by atoms with Gasteiger partial charge in [-0.2, -0.15) is 0 Å². The number of ether oxygens (including phenoxy) is 8. The van der Waals surface area contributed by atoms with E-state index in [-0.39, 0.29) is 109 Å². The molecule has 0 aliphatic heterocycles. The van der Waals surface area contributed by atoms with Crippen LogP contribution in [0.25, 0.3) is 0 Å². The van der Waals surface area contributed by atoms with Crippen LogP contribution >= 0.6 is 0 Å². The number of carboxylic acid groups (broad SMARTS) is 6. The maximum atomic E-state index is 13.9. The van der Waals surface area contributed by atoms with Crippen LogP contribution in [-0.4, -0.2) is 167 Å². The van der Waals surface area contributed by atoms with E-state index in [1.54, 1.807) is 0 Å². The molecule has 6 fully saturated rings. The molecule has 12 atom stereocenters. The molecule has 498 valence electrons. The molecule has 0 heterocycles. The van der Waals surface area contributed by atoms with Gasteiger partial charge in [-0.05, 0) is 173 Å². The summed E-state index contributed by atoms with van der Waals surface area (Å²) in [6.07, 6.45) is 5.22. The summed E-state index contributed by atoms with van der Waals surface area (Å²) in [5.74, 6) is -18.5. The van der Waals surface area contributed by atoms with Crippen molar-refractivity contribution in [3.8, 4) is 0 Å². The molecule has 3 aromatic carbocycles. The standard InChI is InChI=1S/C66H66O28/c1-27(2)59(79)87-5-7-89-61(81)47-20-49(43(55(71)72)17-41(47)53(67)68)63(83)91-23-29-9-35-32-14-34(38(16-32)39(35)11-29)26-94-66(86)52-22-50(44(56(73)74)19-46(52)58(77)78)64(84)92-24-30-10-36-31-13-33(37(15-31)40(36)12-30)25-93-65(85)51-21-48(42(54(69)70)18-45(51)57(75)76)62(82)90-8-6-88-60(80)28(3)4/h17-22,29-40H,1,3,5-16,23-26H2,2,4H3,(H,67,68)(H,69,70)(H,71,72)(H,73,74)(H,75,76)(H,77,78)/t29?,30?,31?,32?,33?,34?,35?,36?,37?,38-,39?,40?/m1/s1. The van der Waals surface area contributed by atoms with E-state index in [9.17, 15) is 97.8 Å². The highest BCUT2D eigenvalue weighted by Crippen LogP contribution is 2.63. The van der Waals surface area contributed by atoms with Crippen LogP contribution in [-0.2, 0) is 47.5 Å². The zero-order valence-corrected chi connectivity index (χ0v) is 50.8. The first-order valence-corrected chi connectivity index (χ1v) is 30.1. The van der Waals surface area contributed by atoms with Gasteiger partial charge in [0.25, 0.3) is 0 Å². The third-order valence-corrected chi connectivity index (χ3v) is 19.1. The zero-order chi connectivity index (χ0) is 68.3. The largest absolute Gasteiger partial charge is 0.478 e. The van der Waals surface area contributed by atoms with Gasteiger partial charge in [0.05, 0.1) is 93.2 Å². The molecule has 6 aliphatic rings. The molecular weight excluding hydrogens is 1240 g/mol. The molecular formula is C66H66O28. The van der Waals surface area contributed by atoms with Gasteiger partial charge in [0.2, 0.25) is 0 Å². The zero-order valence-electron chi connectivity index (χ0n) is 50.8. The predicted octanol–water partition coefficient (Wildman–Crippen LogP) is 7.05. The fourth-order valence-corrected chi connectivity index (χ4v) is 15.2. The number of rotatable bonds is 28. The van der Waals surface area contributed by atoms with Crippen LogP contribution in [0.15, 0.2) is 60.7 Å². The highest BCUT2D eigenvalue weighted by Gasteiger charge is 2.57. The molecule has 0 aromatic heterocycles. The predicted molar refractivity (Wildman–Crippen MR) is 313 cm³/mol. The van der Waals surface area contributed by atoms with Crippen LogP contribution in [0.4, 0.5) is 0 Å². The fraction of sp³-hybridized carbons (Fsp3) is 0.455. The van der Waals surface area contributed by atoms with Crippen LogP contribution < -0.4 is 0 Å². The molecule has 94 heavy (non-hydrogen) atoms. The number of carbonyl (C=O) groups is 14. The molecule has 0 saturated heterocycles. The van der Waals surface area contributed by atoms with Crippen LogP contribution in [0.2, 0.25) is 0 Å². The maximum Gasteiger partial charge on any atom is 0.339 e. The minimum absolute atomic E-state index is 0.0256.